The van der Waals surface area contributed by atoms with Crippen molar-refractivity contribution in [2.45, 2.75) is 0 Å². The van der Waals surface area contributed by atoms with Crippen molar-refractivity contribution in [2.24, 2.45) is 0 Å². The minimum Gasteiger partial charge on any atom is -0.309 e. The maximum Gasteiger partial charge on any atom is 0.184 e. The molecule has 3 heterocycles. The van der Waals surface area contributed by atoms with Gasteiger partial charge in [0.25, 0.3) is 0 Å². The molecule has 0 saturated heterocycles. The van der Waals surface area contributed by atoms with Crippen LogP contribution in [0.4, 0.5) is 0 Å². The van der Waals surface area contributed by atoms with Gasteiger partial charge in [-0.05, 0) is 32.9 Å². The van der Waals surface area contributed by atoms with Crippen LogP contribution >= 0.6 is 0 Å². The molecule has 0 amide bonds. The molecule has 0 spiro atoms. The molecule has 1 atom stereocenters. The number of hydrogen-bond acceptors (Lipinski definition) is 3. The van der Waals surface area contributed by atoms with E-state index in [1.54, 1.807) is 0 Å². The van der Waals surface area contributed by atoms with Gasteiger partial charge in [0.1, 0.15) is 0 Å². The predicted octanol–water partition coefficient (Wildman–Crippen LogP) is 7.66. The Bertz CT molecular complexity index is 3380. The molecule has 1 aliphatic heterocycles. The summed E-state index contributed by atoms with van der Waals surface area (Å²) < 4.78 is 126. The Kier molecular flexibility index (Phi) is 4.04. The quantitative estimate of drug-likeness (QED) is 0.177. The maximum atomic E-state index is 10.3. The summed E-state index contributed by atoms with van der Waals surface area (Å²) in [6, 6.07) is 22.0. The van der Waals surface area contributed by atoms with E-state index in [2.05, 4.69) is 19.5 Å². The van der Waals surface area contributed by atoms with E-state index < -0.39 is 115 Å². The van der Waals surface area contributed by atoms with E-state index in [1.807, 2.05) is 97.1 Å². The standard InChI is InChI=1S/C45H30N4Si/c1-4-16-31(17-5-1)43-46-44(32-18-6-2-7-19-32)48-45(47-43)33-20-14-23-35(30-33)50(34-21-8-3-9-22-34)40-28-13-12-27-39(40)49-38-26-11-10-24-36(38)37-25-15-29-41(50)42(37)49/h1-30H/i1D,2D,4D,5D,6D,7D,14D,16D,17D,18D,19D,20D,23D,30D. The second-order valence-electron chi connectivity index (χ2n) is 11.7. The first-order valence-corrected chi connectivity index (χ1v) is 17.8. The highest BCUT2D eigenvalue weighted by Crippen LogP contribution is 2.35. The van der Waals surface area contributed by atoms with Crippen molar-refractivity contribution in [3.63, 3.8) is 0 Å². The molecule has 1 unspecified atom stereocenters. The van der Waals surface area contributed by atoms with Crippen LogP contribution in [0.3, 0.4) is 0 Å². The van der Waals surface area contributed by atoms with Gasteiger partial charge in [-0.25, -0.2) is 15.0 Å². The SMILES string of the molecule is [2H]c1c([2H])c([2H])c(-c2nc(-c3c([2H])c([2H])c([2H])c([2H])c3[2H])nc(-c3c([2H])c([2H])c([2H])c([Si]4(c5ccccc5)c5ccccc5-n5c6ccccc6c6cccc4c65)c3[2H])n2)c([2H])c1[2H]. The van der Waals surface area contributed by atoms with Crippen molar-refractivity contribution in [2.75, 3.05) is 0 Å². The number of para-hydroxylation sites is 3. The van der Waals surface area contributed by atoms with Crippen molar-refractivity contribution in [1.82, 2.24) is 19.5 Å². The fourth-order valence-electron chi connectivity index (χ4n) is 7.19. The van der Waals surface area contributed by atoms with Crippen LogP contribution < -0.4 is 20.7 Å². The zero-order valence-electron chi connectivity index (χ0n) is 40.0. The lowest BCUT2D eigenvalue weighted by Gasteiger charge is -2.39. The van der Waals surface area contributed by atoms with E-state index in [0.717, 1.165) is 43.1 Å². The molecule has 5 heteroatoms. The summed E-state index contributed by atoms with van der Waals surface area (Å²) in [5.41, 5.74) is 1.20. The lowest BCUT2D eigenvalue weighted by molar-refractivity contribution is 1.07. The third-order valence-corrected chi connectivity index (χ3v) is 13.8. The summed E-state index contributed by atoms with van der Waals surface area (Å²) in [4.78, 5) is 13.5. The molecule has 234 valence electrons. The molecule has 4 nitrogen and oxygen atoms in total. The molecular weight excluding hydrogens is 625 g/mol. The predicted molar refractivity (Wildman–Crippen MR) is 208 cm³/mol. The van der Waals surface area contributed by atoms with Gasteiger partial charge in [-0.2, -0.15) is 0 Å². The Morgan fingerprint density at radius 3 is 1.78 bits per heavy atom. The molecule has 0 saturated carbocycles. The van der Waals surface area contributed by atoms with Crippen LogP contribution in [0.2, 0.25) is 0 Å². The van der Waals surface area contributed by atoms with Crippen molar-refractivity contribution in [1.29, 1.82) is 0 Å². The van der Waals surface area contributed by atoms with Gasteiger partial charge in [0, 0.05) is 33.2 Å². The van der Waals surface area contributed by atoms with Gasteiger partial charge >= 0.3 is 0 Å². The first kappa shape index (κ1) is 17.8. The van der Waals surface area contributed by atoms with Gasteiger partial charge in [-0.3, -0.25) is 0 Å². The lowest BCUT2D eigenvalue weighted by Crippen LogP contribution is -2.76. The summed E-state index contributed by atoms with van der Waals surface area (Å²) in [6.07, 6.45) is 0. The molecule has 0 N–H and O–H groups in total. The van der Waals surface area contributed by atoms with E-state index in [4.69, 9.17) is 13.7 Å². The number of aromatic nitrogens is 4. The average molecular weight is 669 g/mol. The van der Waals surface area contributed by atoms with Crippen molar-refractivity contribution < 1.29 is 19.2 Å². The van der Waals surface area contributed by atoms with Crippen LogP contribution in [-0.2, 0) is 0 Å². The summed E-state index contributed by atoms with van der Waals surface area (Å²) in [5.74, 6) is -1.66. The zero-order valence-corrected chi connectivity index (χ0v) is 27.0. The van der Waals surface area contributed by atoms with Gasteiger partial charge in [0.05, 0.1) is 30.2 Å². The molecule has 9 aromatic rings. The molecular formula is C45H30N4Si. The Labute approximate surface area is 310 Å². The largest absolute Gasteiger partial charge is 0.309 e. The highest BCUT2D eigenvalue weighted by molar-refractivity contribution is 7.21. The summed E-state index contributed by atoms with van der Waals surface area (Å²) in [5, 5.41) is 4.42. The third-order valence-electron chi connectivity index (χ3n) is 9.16. The first-order valence-electron chi connectivity index (χ1n) is 22.8. The van der Waals surface area contributed by atoms with Gasteiger partial charge in [-0.1, -0.05) is 170 Å². The minimum absolute atomic E-state index is 0.125. The number of rotatable bonds is 5. The molecule has 1 aliphatic rings. The topological polar surface area (TPSA) is 43.6 Å². The van der Waals surface area contributed by atoms with E-state index in [1.165, 1.54) is 0 Å². The van der Waals surface area contributed by atoms with Crippen molar-refractivity contribution in [3.05, 3.63) is 182 Å². The molecule has 2 aromatic heterocycles. The molecule has 7 aromatic carbocycles. The van der Waals surface area contributed by atoms with Crippen LogP contribution in [0.5, 0.6) is 0 Å². The summed E-state index contributed by atoms with van der Waals surface area (Å²) >= 11 is 0. The lowest BCUT2D eigenvalue weighted by atomic mass is 10.1. The molecule has 0 aliphatic carbocycles. The highest BCUT2D eigenvalue weighted by atomic mass is 28.3. The number of fused-ring (bicyclic) bond motifs is 5. The first-order chi connectivity index (χ1) is 30.6. The number of hydrogen-bond donors (Lipinski definition) is 0. The van der Waals surface area contributed by atoms with E-state index >= 15 is 0 Å². The van der Waals surface area contributed by atoms with E-state index in [-0.39, 0.29) is 16.8 Å². The van der Waals surface area contributed by atoms with Crippen LogP contribution in [0, 0.1) is 0 Å². The second kappa shape index (κ2) is 11.3. The van der Waals surface area contributed by atoms with Crippen LogP contribution in [-0.4, -0.2) is 27.6 Å². The monoisotopic (exact) mass is 668 g/mol. The van der Waals surface area contributed by atoms with E-state index in [0.29, 0.717) is 0 Å². The van der Waals surface area contributed by atoms with Crippen LogP contribution in [0.1, 0.15) is 19.2 Å². The fraction of sp³-hybridized carbons (Fsp3) is 0. The Morgan fingerprint density at radius 1 is 0.460 bits per heavy atom. The summed E-state index contributed by atoms with van der Waals surface area (Å²) in [7, 11) is -3.94. The van der Waals surface area contributed by atoms with Crippen molar-refractivity contribution >= 4 is 50.6 Å². The second-order valence-corrected chi connectivity index (χ2v) is 15.4. The van der Waals surface area contributed by atoms with E-state index in [9.17, 15) is 5.48 Å². The third kappa shape index (κ3) is 4.20. The Morgan fingerprint density at radius 2 is 1.04 bits per heavy atom. The zero-order chi connectivity index (χ0) is 45.3. The van der Waals surface area contributed by atoms with Gasteiger partial charge in [0.15, 0.2) is 25.5 Å². The van der Waals surface area contributed by atoms with Crippen molar-refractivity contribution in [3.8, 4) is 39.9 Å². The van der Waals surface area contributed by atoms with Gasteiger partial charge in [0.2, 0.25) is 0 Å². The molecule has 0 radical (unpaired) electrons. The fourth-order valence-corrected chi connectivity index (χ4v) is 12.1. The Hall–Kier alpha value is -6.43. The van der Waals surface area contributed by atoms with Gasteiger partial charge < -0.3 is 4.57 Å². The Balaban J connectivity index is 1.39. The average Bonchev–Trinajstić information content (AvgIpc) is 3.65. The smallest absolute Gasteiger partial charge is 0.184 e. The van der Waals surface area contributed by atoms with Gasteiger partial charge in [-0.15, -0.1) is 0 Å². The molecule has 10 rings (SSSR count). The summed E-state index contributed by atoms with van der Waals surface area (Å²) in [6.45, 7) is 0. The number of nitrogens with zero attached hydrogens (tertiary/aromatic N) is 4. The van der Waals surface area contributed by atoms with Crippen LogP contribution in [0.25, 0.3) is 61.7 Å². The number of benzene rings is 7. The molecule has 0 bridgehead atoms. The minimum atomic E-state index is -3.94. The normalized spacial score (nSPS) is 18.8. The van der Waals surface area contributed by atoms with Crippen LogP contribution in [0.15, 0.2) is 182 Å². The highest BCUT2D eigenvalue weighted by Gasteiger charge is 2.47. The molecule has 0 fully saturated rings. The molecule has 50 heavy (non-hydrogen) atoms. The maximum absolute atomic E-state index is 10.3.